The molecule has 1 aromatic carbocycles. The number of hydrogen-bond donors (Lipinski definition) is 5. The number of nitrogens with two attached hydrogens (primary N) is 1. The van der Waals surface area contributed by atoms with Crippen molar-refractivity contribution < 1.29 is 29.6 Å². The van der Waals surface area contributed by atoms with E-state index >= 15 is 0 Å². The van der Waals surface area contributed by atoms with Crippen LogP contribution in [-0.2, 0) is 20.7 Å². The average Bonchev–Trinajstić information content (AvgIpc) is 3.50. The summed E-state index contributed by atoms with van der Waals surface area (Å²) in [6.07, 6.45) is -0.201. The van der Waals surface area contributed by atoms with Gasteiger partial charge in [0.1, 0.15) is 37.3 Å². The van der Waals surface area contributed by atoms with E-state index in [0.717, 1.165) is 22.8 Å². The van der Waals surface area contributed by atoms with Gasteiger partial charge in [0.05, 0.1) is 6.33 Å². The van der Waals surface area contributed by atoms with Gasteiger partial charge in [-0.2, -0.15) is 4.98 Å². The Morgan fingerprint density at radius 2 is 2.06 bits per heavy atom. The minimum Gasteiger partial charge on any atom is -0.492 e. The SMILES string of the molecule is N[C@@H](Cc1c[nH]c2ccccc12)C(=O)OC[C@H]1O[C@@H](n2cnc3c(O)ncnc32)C(O)C1O. The number of aromatic amines is 1. The number of ether oxygens (including phenoxy) is 2. The van der Waals surface area contributed by atoms with Gasteiger partial charge in [0, 0.05) is 23.5 Å². The summed E-state index contributed by atoms with van der Waals surface area (Å²) in [5, 5.41) is 31.7. The Kier molecular flexibility index (Phi) is 5.42. The van der Waals surface area contributed by atoms with Gasteiger partial charge in [0.2, 0.25) is 5.88 Å². The number of aliphatic hydroxyl groups excluding tert-OH is 2. The highest BCUT2D eigenvalue weighted by molar-refractivity contribution is 5.84. The summed E-state index contributed by atoms with van der Waals surface area (Å²) in [4.78, 5) is 27.3. The van der Waals surface area contributed by atoms with E-state index < -0.39 is 36.6 Å². The van der Waals surface area contributed by atoms with E-state index in [-0.39, 0.29) is 30.1 Å². The van der Waals surface area contributed by atoms with E-state index in [1.165, 1.54) is 10.9 Å². The average molecular weight is 454 g/mol. The number of nitrogens with zero attached hydrogens (tertiary/aromatic N) is 4. The second-order valence-corrected chi connectivity index (χ2v) is 7.87. The van der Waals surface area contributed by atoms with Crippen LogP contribution in [0, 0.1) is 0 Å². The molecule has 12 heteroatoms. The molecule has 4 aromatic rings. The Morgan fingerprint density at radius 1 is 1.24 bits per heavy atom. The summed E-state index contributed by atoms with van der Waals surface area (Å²) in [6, 6.07) is 6.77. The largest absolute Gasteiger partial charge is 0.492 e. The number of carbonyl (C=O) groups is 1. The lowest BCUT2D eigenvalue weighted by molar-refractivity contribution is -0.151. The second-order valence-electron chi connectivity index (χ2n) is 7.87. The first-order chi connectivity index (χ1) is 15.9. The van der Waals surface area contributed by atoms with Crippen LogP contribution in [0.5, 0.6) is 5.88 Å². The zero-order chi connectivity index (χ0) is 23.1. The lowest BCUT2D eigenvalue weighted by atomic mass is 10.1. The third kappa shape index (κ3) is 3.78. The molecule has 0 bridgehead atoms. The van der Waals surface area contributed by atoms with Crippen molar-refractivity contribution in [1.82, 2.24) is 24.5 Å². The number of aliphatic hydroxyl groups is 2. The number of H-pyrrole nitrogens is 1. The Labute approximate surface area is 186 Å². The van der Waals surface area contributed by atoms with Gasteiger partial charge in [0.15, 0.2) is 17.4 Å². The molecule has 1 saturated heterocycles. The highest BCUT2D eigenvalue weighted by atomic mass is 16.6. The maximum absolute atomic E-state index is 12.5. The molecule has 1 aliphatic heterocycles. The predicted molar refractivity (Wildman–Crippen MR) is 114 cm³/mol. The number of para-hydroxylation sites is 1. The smallest absolute Gasteiger partial charge is 0.323 e. The van der Waals surface area contributed by atoms with Crippen molar-refractivity contribution >= 4 is 28.0 Å². The first-order valence-electron chi connectivity index (χ1n) is 10.3. The van der Waals surface area contributed by atoms with E-state index in [9.17, 15) is 20.1 Å². The molecular formula is C21H22N6O6. The molecule has 6 N–H and O–H groups in total. The Hall–Kier alpha value is -3.58. The monoisotopic (exact) mass is 454 g/mol. The third-order valence-electron chi connectivity index (χ3n) is 5.76. The molecule has 2 unspecified atom stereocenters. The van der Waals surface area contributed by atoms with Crippen LogP contribution in [-0.4, -0.2) is 76.8 Å². The highest BCUT2D eigenvalue weighted by Gasteiger charge is 2.45. The van der Waals surface area contributed by atoms with Crippen molar-refractivity contribution in [2.75, 3.05) is 6.61 Å². The number of aromatic hydroxyl groups is 1. The number of hydrogen-bond acceptors (Lipinski definition) is 10. The summed E-state index contributed by atoms with van der Waals surface area (Å²) in [5.41, 5.74) is 8.22. The topological polar surface area (TPSA) is 182 Å². The quantitative estimate of drug-likeness (QED) is 0.244. The summed E-state index contributed by atoms with van der Waals surface area (Å²) in [6.45, 7) is -0.304. The Morgan fingerprint density at radius 3 is 2.91 bits per heavy atom. The fraction of sp³-hybridized carbons (Fsp3) is 0.333. The number of nitrogens with one attached hydrogen (secondary N) is 1. The normalized spacial score (nSPS) is 23.8. The molecule has 0 radical (unpaired) electrons. The summed E-state index contributed by atoms with van der Waals surface area (Å²) >= 11 is 0. The van der Waals surface area contributed by atoms with Crippen LogP contribution >= 0.6 is 0 Å². The fourth-order valence-corrected chi connectivity index (χ4v) is 4.01. The third-order valence-corrected chi connectivity index (χ3v) is 5.76. The van der Waals surface area contributed by atoms with E-state index in [0.29, 0.717) is 0 Å². The fourth-order valence-electron chi connectivity index (χ4n) is 4.01. The Balaban J connectivity index is 1.23. The van der Waals surface area contributed by atoms with Gasteiger partial charge in [-0.05, 0) is 11.6 Å². The molecular weight excluding hydrogens is 432 g/mol. The number of fused-ring (bicyclic) bond motifs is 2. The van der Waals surface area contributed by atoms with E-state index in [2.05, 4.69) is 19.9 Å². The second kappa shape index (κ2) is 8.41. The first-order valence-corrected chi connectivity index (χ1v) is 10.3. The molecule has 172 valence electrons. The van der Waals surface area contributed by atoms with E-state index in [4.69, 9.17) is 15.2 Å². The van der Waals surface area contributed by atoms with Gasteiger partial charge in [-0.15, -0.1) is 0 Å². The predicted octanol–water partition coefficient (Wildman–Crippen LogP) is -0.254. The molecule has 1 fully saturated rings. The van der Waals surface area contributed by atoms with Crippen molar-refractivity contribution in [3.63, 3.8) is 0 Å². The van der Waals surface area contributed by atoms with Crippen molar-refractivity contribution in [1.29, 1.82) is 0 Å². The van der Waals surface area contributed by atoms with E-state index in [1.54, 1.807) is 6.20 Å². The molecule has 0 saturated carbocycles. The summed E-state index contributed by atoms with van der Waals surface area (Å²) in [7, 11) is 0. The standard InChI is InChI=1S/C21H22N6O6/c22-12(5-10-6-23-13-4-2-1-3-11(10)13)21(31)32-7-14-16(28)17(29)20(33-14)27-9-26-15-18(27)24-8-25-19(15)30/h1-4,6,8-9,12,14,16-17,20,23,28-29H,5,7,22H2,(H,24,25,30)/t12-,14+,16?,17?,20+/m0/s1. The molecule has 33 heavy (non-hydrogen) atoms. The zero-order valence-corrected chi connectivity index (χ0v) is 17.3. The van der Waals surface area contributed by atoms with Crippen molar-refractivity contribution in [3.05, 3.63) is 48.7 Å². The van der Waals surface area contributed by atoms with Crippen LogP contribution in [0.15, 0.2) is 43.1 Å². The van der Waals surface area contributed by atoms with Gasteiger partial charge in [0.25, 0.3) is 0 Å². The van der Waals surface area contributed by atoms with Crippen molar-refractivity contribution in [2.45, 2.75) is 37.0 Å². The van der Waals surface area contributed by atoms with Gasteiger partial charge < -0.3 is 35.5 Å². The molecule has 5 atom stereocenters. The molecule has 0 spiro atoms. The van der Waals surface area contributed by atoms with Crippen LogP contribution in [0.25, 0.3) is 22.1 Å². The van der Waals surface area contributed by atoms with E-state index in [1.807, 2.05) is 24.3 Å². The van der Waals surface area contributed by atoms with Crippen LogP contribution in [0.2, 0.25) is 0 Å². The zero-order valence-electron chi connectivity index (χ0n) is 17.3. The lowest BCUT2D eigenvalue weighted by Gasteiger charge is -2.17. The lowest BCUT2D eigenvalue weighted by Crippen LogP contribution is -2.38. The Bertz CT molecular complexity index is 1300. The maximum Gasteiger partial charge on any atom is 0.323 e. The van der Waals surface area contributed by atoms with Crippen molar-refractivity contribution in [2.24, 2.45) is 5.73 Å². The molecule has 0 aliphatic carbocycles. The number of rotatable bonds is 6. The molecule has 0 amide bonds. The van der Waals surface area contributed by atoms with Gasteiger partial charge in [-0.3, -0.25) is 9.36 Å². The molecule has 4 heterocycles. The van der Waals surface area contributed by atoms with Crippen LogP contribution in [0.3, 0.4) is 0 Å². The van der Waals surface area contributed by atoms with Gasteiger partial charge in [-0.1, -0.05) is 18.2 Å². The highest BCUT2D eigenvalue weighted by Crippen LogP contribution is 2.32. The minimum absolute atomic E-state index is 0.126. The number of benzene rings is 1. The van der Waals surface area contributed by atoms with Crippen LogP contribution < -0.4 is 5.73 Å². The van der Waals surface area contributed by atoms with Gasteiger partial charge >= 0.3 is 5.97 Å². The molecule has 3 aromatic heterocycles. The summed E-state index contributed by atoms with van der Waals surface area (Å²) < 4.78 is 12.4. The summed E-state index contributed by atoms with van der Waals surface area (Å²) in [5.74, 6) is -0.971. The first kappa shape index (κ1) is 21.3. The minimum atomic E-state index is -1.34. The number of esters is 1. The van der Waals surface area contributed by atoms with Crippen LogP contribution in [0.4, 0.5) is 0 Å². The number of imidazole rings is 1. The molecule has 1 aliphatic rings. The van der Waals surface area contributed by atoms with Gasteiger partial charge in [-0.25, -0.2) is 9.97 Å². The maximum atomic E-state index is 12.5. The number of aromatic nitrogens is 5. The van der Waals surface area contributed by atoms with Crippen LogP contribution in [0.1, 0.15) is 11.8 Å². The van der Waals surface area contributed by atoms with Crippen molar-refractivity contribution in [3.8, 4) is 5.88 Å². The number of carbonyl (C=O) groups excluding carboxylic acids is 1. The molecule has 12 nitrogen and oxygen atoms in total. The molecule has 5 rings (SSSR count).